The summed E-state index contributed by atoms with van der Waals surface area (Å²) < 4.78 is 25.5. The number of hydrogen-bond acceptors (Lipinski definition) is 5. The lowest BCUT2D eigenvalue weighted by atomic mass is 10.2. The van der Waals surface area contributed by atoms with E-state index in [4.69, 9.17) is 9.47 Å². The first-order valence-electron chi connectivity index (χ1n) is 9.04. The number of pyridine rings is 1. The summed E-state index contributed by atoms with van der Waals surface area (Å²) in [5.41, 5.74) is 0.353. The highest BCUT2D eigenvalue weighted by Crippen LogP contribution is 2.15. The van der Waals surface area contributed by atoms with Crippen molar-refractivity contribution < 1.29 is 18.7 Å². The maximum atomic E-state index is 13.1. The molecule has 0 atom stereocenters. The Morgan fingerprint density at radius 3 is 2.85 bits per heavy atom. The first-order valence-corrected chi connectivity index (χ1v) is 9.04. The highest BCUT2D eigenvalue weighted by molar-refractivity contribution is 5.68. The van der Waals surface area contributed by atoms with E-state index in [0.29, 0.717) is 17.7 Å². The number of hydrogen-bond donors (Lipinski definition) is 1. The fraction of sp³-hybridized carbons (Fsp3) is 0.526. The van der Waals surface area contributed by atoms with Crippen molar-refractivity contribution in [1.82, 2.24) is 19.9 Å². The van der Waals surface area contributed by atoms with Gasteiger partial charge in [0.05, 0.1) is 6.33 Å². The van der Waals surface area contributed by atoms with Crippen LogP contribution in [0.2, 0.25) is 0 Å². The van der Waals surface area contributed by atoms with E-state index in [1.807, 2.05) is 0 Å². The molecule has 8 heteroatoms. The van der Waals surface area contributed by atoms with Crippen LogP contribution in [0.4, 0.5) is 9.18 Å². The smallest absolute Gasteiger partial charge is 0.407 e. The number of unbranched alkanes of at least 4 members (excludes halogenated alkanes) is 1. The molecular weight excluding hydrogens is 351 g/mol. The number of nitrogens with one attached hydrogen (secondary N) is 1. The zero-order valence-electron chi connectivity index (χ0n) is 16.3. The van der Waals surface area contributed by atoms with Gasteiger partial charge in [-0.05, 0) is 33.3 Å². The normalized spacial score (nSPS) is 12.3. The molecule has 7 nitrogen and oxygen atoms in total. The molecule has 0 unspecified atom stereocenters. The van der Waals surface area contributed by atoms with Gasteiger partial charge in [0.25, 0.3) is 0 Å². The molecule has 1 amide bonds. The summed E-state index contributed by atoms with van der Waals surface area (Å²) in [5.74, 6) is 1.34. The zero-order chi connectivity index (χ0) is 19.9. The predicted molar refractivity (Wildman–Crippen MR) is 101 cm³/mol. The molecule has 2 aromatic rings. The van der Waals surface area contributed by atoms with Gasteiger partial charge in [-0.25, -0.2) is 18.7 Å². The zero-order valence-corrected chi connectivity index (χ0v) is 16.3. The van der Waals surface area contributed by atoms with Gasteiger partial charge in [-0.3, -0.25) is 0 Å². The minimum Gasteiger partial charge on any atom is -0.489 e. The van der Waals surface area contributed by atoms with Crippen molar-refractivity contribution >= 4 is 11.7 Å². The summed E-state index contributed by atoms with van der Waals surface area (Å²) >= 11 is 0. The molecule has 0 bridgehead atoms. The summed E-state index contributed by atoms with van der Waals surface area (Å²) in [6.07, 6.45) is 4.53. The second kappa shape index (κ2) is 9.34. The lowest BCUT2D eigenvalue weighted by Crippen LogP contribution is -2.34. The second-order valence-corrected chi connectivity index (χ2v) is 7.21. The van der Waals surface area contributed by atoms with Gasteiger partial charge in [0.2, 0.25) is 0 Å². The number of fused-ring (bicyclic) bond motifs is 1. The van der Waals surface area contributed by atoms with Crippen molar-refractivity contribution in [2.75, 3.05) is 13.2 Å². The molecule has 0 aliphatic carbocycles. The molecule has 0 saturated heterocycles. The van der Waals surface area contributed by atoms with Gasteiger partial charge in [-0.2, -0.15) is 5.10 Å². The van der Waals surface area contributed by atoms with Gasteiger partial charge in [0.15, 0.2) is 11.5 Å². The van der Waals surface area contributed by atoms with E-state index in [1.54, 1.807) is 43.6 Å². The average molecular weight is 378 g/mol. The molecule has 0 saturated carbocycles. The molecule has 0 radical (unpaired) electrons. The van der Waals surface area contributed by atoms with Crippen molar-refractivity contribution in [2.24, 2.45) is 0 Å². The largest absolute Gasteiger partial charge is 0.489 e. The van der Waals surface area contributed by atoms with Crippen LogP contribution in [0.1, 0.15) is 46.4 Å². The summed E-state index contributed by atoms with van der Waals surface area (Å²) in [5, 5.41) is 6.90. The molecule has 2 heterocycles. The third-order valence-corrected chi connectivity index (χ3v) is 3.54. The number of nitrogens with zero attached hydrogens (tertiary/aromatic N) is 3. The van der Waals surface area contributed by atoms with Crippen LogP contribution in [-0.4, -0.2) is 39.4 Å². The Balaban J connectivity index is 1.89. The van der Waals surface area contributed by atoms with Gasteiger partial charge in [-0.1, -0.05) is 13.3 Å². The maximum absolute atomic E-state index is 13.1. The third-order valence-electron chi connectivity index (χ3n) is 3.54. The SMILES string of the molecule is CCCCc1nc2cc(OCC(=CF)CNC(=O)OC(C)(C)C)ccn2n1. The number of amides is 1. The lowest BCUT2D eigenvalue weighted by molar-refractivity contribution is 0.0531. The van der Waals surface area contributed by atoms with E-state index in [0.717, 1.165) is 25.1 Å². The van der Waals surface area contributed by atoms with Gasteiger partial charge in [0.1, 0.15) is 18.0 Å². The molecular formula is C19H27FN4O3. The summed E-state index contributed by atoms with van der Waals surface area (Å²) in [4.78, 5) is 16.1. The molecule has 148 valence electrons. The van der Waals surface area contributed by atoms with E-state index >= 15 is 0 Å². The number of halogens is 1. The van der Waals surface area contributed by atoms with Crippen molar-refractivity contribution in [3.05, 3.63) is 36.1 Å². The topological polar surface area (TPSA) is 77.8 Å². The molecule has 2 rings (SSSR count). The van der Waals surface area contributed by atoms with Gasteiger partial charge < -0.3 is 14.8 Å². The van der Waals surface area contributed by atoms with Crippen molar-refractivity contribution in [2.45, 2.75) is 52.6 Å². The Morgan fingerprint density at radius 1 is 1.41 bits per heavy atom. The van der Waals surface area contributed by atoms with Gasteiger partial charge >= 0.3 is 6.09 Å². The van der Waals surface area contributed by atoms with Gasteiger partial charge in [0, 0.05) is 30.8 Å². The van der Waals surface area contributed by atoms with Crippen LogP contribution in [-0.2, 0) is 11.2 Å². The minimum absolute atomic E-state index is 0.000242. The second-order valence-electron chi connectivity index (χ2n) is 7.21. The fourth-order valence-corrected chi connectivity index (χ4v) is 2.24. The predicted octanol–water partition coefficient (Wildman–Crippen LogP) is 3.83. The van der Waals surface area contributed by atoms with Crippen LogP contribution >= 0.6 is 0 Å². The van der Waals surface area contributed by atoms with E-state index in [1.165, 1.54) is 0 Å². The van der Waals surface area contributed by atoms with Crippen LogP contribution in [0.3, 0.4) is 0 Å². The van der Waals surface area contributed by atoms with Crippen molar-refractivity contribution in [3.8, 4) is 5.75 Å². The molecule has 1 N–H and O–H groups in total. The third kappa shape index (κ3) is 6.88. The monoisotopic (exact) mass is 378 g/mol. The number of alkyl carbamates (subject to hydrolysis) is 1. The molecule has 2 aromatic heterocycles. The lowest BCUT2D eigenvalue weighted by Gasteiger charge is -2.20. The number of carbonyl (C=O) groups is 1. The standard InChI is InChI=1S/C19H27FN4O3/c1-5-6-7-16-22-17-10-15(8-9-24(17)23-16)26-13-14(11-20)12-21-18(25)27-19(2,3)4/h8-11H,5-7,12-13H2,1-4H3,(H,21,25). The highest BCUT2D eigenvalue weighted by Gasteiger charge is 2.16. The number of rotatable bonds is 8. The van der Waals surface area contributed by atoms with Crippen LogP contribution in [0, 0.1) is 0 Å². The molecule has 0 spiro atoms. The van der Waals surface area contributed by atoms with E-state index in [9.17, 15) is 9.18 Å². The first kappa shape index (κ1) is 20.7. The fourth-order valence-electron chi connectivity index (χ4n) is 2.24. The Labute approximate surface area is 158 Å². The molecule has 27 heavy (non-hydrogen) atoms. The van der Waals surface area contributed by atoms with E-state index < -0.39 is 11.7 Å². The number of carbonyl (C=O) groups excluding carboxylic acids is 1. The van der Waals surface area contributed by atoms with Crippen LogP contribution in [0.5, 0.6) is 5.75 Å². The van der Waals surface area contributed by atoms with Crippen LogP contribution in [0.15, 0.2) is 30.2 Å². The molecule has 0 aliphatic rings. The Hall–Kier alpha value is -2.64. The highest BCUT2D eigenvalue weighted by atomic mass is 19.1. The number of ether oxygens (including phenoxy) is 2. The quantitative estimate of drug-likeness (QED) is 0.755. The summed E-state index contributed by atoms with van der Waals surface area (Å²) in [6, 6.07) is 3.49. The number of aromatic nitrogens is 3. The van der Waals surface area contributed by atoms with E-state index in [2.05, 4.69) is 22.3 Å². The Kier molecular flexibility index (Phi) is 7.15. The summed E-state index contributed by atoms with van der Waals surface area (Å²) in [6.45, 7) is 7.40. The summed E-state index contributed by atoms with van der Waals surface area (Å²) in [7, 11) is 0. The van der Waals surface area contributed by atoms with Crippen LogP contribution < -0.4 is 10.1 Å². The molecule has 0 fully saturated rings. The molecule has 0 aromatic carbocycles. The van der Waals surface area contributed by atoms with Crippen molar-refractivity contribution in [1.29, 1.82) is 0 Å². The van der Waals surface area contributed by atoms with Crippen molar-refractivity contribution in [3.63, 3.8) is 0 Å². The average Bonchev–Trinajstić information content (AvgIpc) is 3.00. The Morgan fingerprint density at radius 2 is 2.19 bits per heavy atom. The Bertz CT molecular complexity index is 796. The van der Waals surface area contributed by atoms with E-state index in [-0.39, 0.29) is 18.7 Å². The maximum Gasteiger partial charge on any atom is 0.407 e. The minimum atomic E-state index is -0.607. The first-order chi connectivity index (χ1) is 12.8. The van der Waals surface area contributed by atoms with Gasteiger partial charge in [-0.15, -0.1) is 0 Å². The molecule has 0 aliphatic heterocycles. The van der Waals surface area contributed by atoms with Crippen LogP contribution in [0.25, 0.3) is 5.65 Å². The number of aryl methyl sites for hydroxylation is 1.